The molecule has 2 aliphatic rings. The van der Waals surface area contributed by atoms with Crippen molar-refractivity contribution in [2.45, 2.75) is 70.8 Å². The second-order valence-electron chi connectivity index (χ2n) is 6.40. The Morgan fingerprint density at radius 2 is 1.95 bits per heavy atom. The fraction of sp³-hybridized carbons (Fsp3) is 0.933. The molecule has 0 aromatic rings. The number of hydrogen-bond acceptors (Lipinski definition) is 2. The molecule has 2 aliphatic carbocycles. The Bertz CT molecular complexity index is 290. The summed E-state index contributed by atoms with van der Waals surface area (Å²) in [5.74, 6) is 0.425. The summed E-state index contributed by atoms with van der Waals surface area (Å²) in [6, 6.07) is 0.237. The summed E-state index contributed by atoms with van der Waals surface area (Å²) in [4.78, 5) is 12.2. The third-order valence-corrected chi connectivity index (χ3v) is 5.14. The Morgan fingerprint density at radius 1 is 1.26 bits per heavy atom. The van der Waals surface area contributed by atoms with Gasteiger partial charge in [-0.3, -0.25) is 4.79 Å². The van der Waals surface area contributed by atoms with Crippen molar-refractivity contribution < 1.29 is 4.79 Å². The van der Waals surface area contributed by atoms with Gasteiger partial charge in [0, 0.05) is 18.5 Å². The van der Waals surface area contributed by atoms with Crippen molar-refractivity contribution in [3.05, 3.63) is 0 Å². The summed E-state index contributed by atoms with van der Waals surface area (Å²) < 4.78 is 0. The Kier molecular flexibility index (Phi) is 6.61. The average Bonchev–Trinajstić information content (AvgIpc) is 2.85. The largest absolute Gasteiger partial charge is 0.355 e. The van der Waals surface area contributed by atoms with Crippen LogP contribution < -0.4 is 11.1 Å². The van der Waals surface area contributed by atoms with E-state index in [4.69, 9.17) is 5.73 Å². The van der Waals surface area contributed by atoms with Gasteiger partial charge in [0.15, 0.2) is 0 Å². The third kappa shape index (κ3) is 4.35. The van der Waals surface area contributed by atoms with Crippen molar-refractivity contribution in [1.82, 2.24) is 5.32 Å². The number of carbonyl (C=O) groups is 1. The maximum absolute atomic E-state index is 12.2. The fourth-order valence-electron chi connectivity index (χ4n) is 3.67. The van der Waals surface area contributed by atoms with Crippen LogP contribution in [-0.4, -0.2) is 18.5 Å². The van der Waals surface area contributed by atoms with Crippen molar-refractivity contribution in [2.24, 2.45) is 17.1 Å². The minimum atomic E-state index is 0. The van der Waals surface area contributed by atoms with Crippen LogP contribution in [0.3, 0.4) is 0 Å². The molecule has 1 amide bonds. The normalized spacial score (nSPS) is 29.6. The minimum absolute atomic E-state index is 0. The van der Waals surface area contributed by atoms with E-state index in [1.807, 2.05) is 0 Å². The first-order chi connectivity index (χ1) is 8.65. The summed E-state index contributed by atoms with van der Waals surface area (Å²) in [5, 5.41) is 3.21. The molecule has 112 valence electrons. The standard InChI is InChI=1S/C15H28N2O.ClH/c1-2-15(8-3-4-9-15)11-17-14(18)12-6-5-7-13(16)10-12;/h12-13H,2-11,16H2,1H3,(H,17,18);1H. The molecule has 2 atom stereocenters. The zero-order chi connectivity index (χ0) is 13.0. The first-order valence-electron chi connectivity index (χ1n) is 7.68. The molecule has 2 rings (SSSR count). The van der Waals surface area contributed by atoms with Crippen LogP contribution in [0.15, 0.2) is 0 Å². The molecule has 0 aromatic heterocycles. The smallest absolute Gasteiger partial charge is 0.223 e. The van der Waals surface area contributed by atoms with Crippen LogP contribution in [0.4, 0.5) is 0 Å². The summed E-state index contributed by atoms with van der Waals surface area (Å²) in [6.07, 6.45) is 10.5. The van der Waals surface area contributed by atoms with E-state index in [0.717, 1.165) is 32.2 Å². The van der Waals surface area contributed by atoms with Crippen LogP contribution in [0.2, 0.25) is 0 Å². The van der Waals surface area contributed by atoms with Crippen molar-refractivity contribution in [3.8, 4) is 0 Å². The summed E-state index contributed by atoms with van der Waals surface area (Å²) in [5.41, 5.74) is 6.35. The van der Waals surface area contributed by atoms with E-state index in [2.05, 4.69) is 12.2 Å². The number of nitrogens with one attached hydrogen (secondary N) is 1. The van der Waals surface area contributed by atoms with E-state index >= 15 is 0 Å². The second-order valence-corrected chi connectivity index (χ2v) is 6.40. The van der Waals surface area contributed by atoms with Gasteiger partial charge in [-0.15, -0.1) is 12.4 Å². The highest BCUT2D eigenvalue weighted by Gasteiger charge is 2.33. The highest BCUT2D eigenvalue weighted by atomic mass is 35.5. The van der Waals surface area contributed by atoms with Gasteiger partial charge >= 0.3 is 0 Å². The molecule has 2 saturated carbocycles. The lowest BCUT2D eigenvalue weighted by Crippen LogP contribution is -2.42. The van der Waals surface area contributed by atoms with E-state index in [-0.39, 0.29) is 30.3 Å². The topological polar surface area (TPSA) is 55.1 Å². The van der Waals surface area contributed by atoms with Crippen LogP contribution in [0.5, 0.6) is 0 Å². The molecule has 0 heterocycles. The van der Waals surface area contributed by atoms with E-state index in [1.54, 1.807) is 0 Å². The van der Waals surface area contributed by atoms with Crippen molar-refractivity contribution in [1.29, 1.82) is 0 Å². The maximum atomic E-state index is 12.2. The summed E-state index contributed by atoms with van der Waals surface area (Å²) >= 11 is 0. The van der Waals surface area contributed by atoms with Gasteiger partial charge in [-0.25, -0.2) is 0 Å². The zero-order valence-corrected chi connectivity index (χ0v) is 12.9. The lowest BCUT2D eigenvalue weighted by molar-refractivity contribution is -0.126. The second kappa shape index (κ2) is 7.49. The molecule has 3 nitrogen and oxygen atoms in total. The van der Waals surface area contributed by atoms with Gasteiger partial charge in [0.2, 0.25) is 5.91 Å². The van der Waals surface area contributed by atoms with Crippen molar-refractivity contribution in [2.75, 3.05) is 6.54 Å². The van der Waals surface area contributed by atoms with Crippen molar-refractivity contribution >= 4 is 18.3 Å². The first kappa shape index (κ1) is 16.8. The monoisotopic (exact) mass is 288 g/mol. The molecule has 3 N–H and O–H groups in total. The predicted molar refractivity (Wildman–Crippen MR) is 81.4 cm³/mol. The van der Waals surface area contributed by atoms with Crippen LogP contribution >= 0.6 is 12.4 Å². The summed E-state index contributed by atoms with van der Waals surface area (Å²) in [7, 11) is 0. The average molecular weight is 289 g/mol. The van der Waals surface area contributed by atoms with Gasteiger partial charge in [0.1, 0.15) is 0 Å². The van der Waals surface area contributed by atoms with Crippen LogP contribution in [-0.2, 0) is 4.79 Å². The number of carbonyl (C=O) groups excluding carboxylic acids is 1. The fourth-order valence-corrected chi connectivity index (χ4v) is 3.67. The quantitative estimate of drug-likeness (QED) is 0.835. The van der Waals surface area contributed by atoms with E-state index in [0.29, 0.717) is 5.41 Å². The molecular weight excluding hydrogens is 260 g/mol. The minimum Gasteiger partial charge on any atom is -0.355 e. The molecule has 0 aromatic carbocycles. The SMILES string of the molecule is CCC1(CNC(=O)C2CCCC(N)C2)CCCC1.Cl. The molecule has 0 bridgehead atoms. The van der Waals surface area contributed by atoms with E-state index < -0.39 is 0 Å². The molecule has 2 unspecified atom stereocenters. The van der Waals surface area contributed by atoms with Gasteiger partial charge in [-0.2, -0.15) is 0 Å². The molecule has 0 spiro atoms. The van der Waals surface area contributed by atoms with E-state index in [1.165, 1.54) is 32.1 Å². The number of rotatable bonds is 4. The zero-order valence-electron chi connectivity index (χ0n) is 12.1. The highest BCUT2D eigenvalue weighted by molar-refractivity contribution is 5.85. The number of hydrogen-bond donors (Lipinski definition) is 2. The van der Waals surface area contributed by atoms with Crippen LogP contribution in [0.25, 0.3) is 0 Å². The molecule has 0 radical (unpaired) electrons. The number of amides is 1. The Morgan fingerprint density at radius 3 is 2.53 bits per heavy atom. The molecule has 4 heteroatoms. The first-order valence-corrected chi connectivity index (χ1v) is 7.68. The predicted octanol–water partition coefficient (Wildman–Crippen LogP) is 3.01. The highest BCUT2D eigenvalue weighted by Crippen LogP contribution is 2.40. The van der Waals surface area contributed by atoms with E-state index in [9.17, 15) is 4.79 Å². The van der Waals surface area contributed by atoms with Gasteiger partial charge in [-0.1, -0.05) is 26.2 Å². The van der Waals surface area contributed by atoms with Crippen molar-refractivity contribution in [3.63, 3.8) is 0 Å². The summed E-state index contributed by atoms with van der Waals surface area (Å²) in [6.45, 7) is 3.14. The van der Waals surface area contributed by atoms with Gasteiger partial charge in [0.25, 0.3) is 0 Å². The molecular formula is C15H29ClN2O. The lowest BCUT2D eigenvalue weighted by Gasteiger charge is -2.30. The molecule has 0 saturated heterocycles. The number of halogens is 1. The van der Waals surface area contributed by atoms with Crippen LogP contribution in [0, 0.1) is 11.3 Å². The lowest BCUT2D eigenvalue weighted by atomic mass is 9.82. The molecule has 0 aliphatic heterocycles. The van der Waals surface area contributed by atoms with Gasteiger partial charge in [0.05, 0.1) is 0 Å². The molecule has 19 heavy (non-hydrogen) atoms. The third-order valence-electron chi connectivity index (χ3n) is 5.14. The molecule has 2 fully saturated rings. The van der Waals surface area contributed by atoms with Gasteiger partial charge < -0.3 is 11.1 Å². The Hall–Kier alpha value is -0.280. The van der Waals surface area contributed by atoms with Crippen LogP contribution in [0.1, 0.15) is 64.7 Å². The number of nitrogens with two attached hydrogens (primary N) is 1. The Balaban J connectivity index is 0.00000180. The Labute approximate surface area is 123 Å². The maximum Gasteiger partial charge on any atom is 0.223 e. The van der Waals surface area contributed by atoms with Gasteiger partial charge in [-0.05, 0) is 43.9 Å².